The standard InChI is InChI=1S/C12H12BrClN4S/c13-11-15-16-12(19-11)18-7-5-17(6-8-18)10-4-2-1-3-9(10)14/h1-4H,5-8H2. The Kier molecular flexibility index (Phi) is 3.91. The van der Waals surface area contributed by atoms with E-state index in [1.807, 2.05) is 18.2 Å². The lowest BCUT2D eigenvalue weighted by Gasteiger charge is -2.36. The van der Waals surface area contributed by atoms with Gasteiger partial charge < -0.3 is 9.80 Å². The lowest BCUT2D eigenvalue weighted by molar-refractivity contribution is 0.649. The molecule has 0 radical (unpaired) electrons. The lowest BCUT2D eigenvalue weighted by atomic mass is 10.2. The first-order valence-electron chi connectivity index (χ1n) is 5.97. The Morgan fingerprint density at radius 2 is 1.74 bits per heavy atom. The normalized spacial score (nSPS) is 15.9. The molecule has 7 heteroatoms. The van der Waals surface area contributed by atoms with E-state index in [0.717, 1.165) is 45.9 Å². The number of anilines is 2. The van der Waals surface area contributed by atoms with Gasteiger partial charge in [-0.05, 0) is 28.1 Å². The van der Waals surface area contributed by atoms with Gasteiger partial charge in [-0.15, -0.1) is 10.2 Å². The van der Waals surface area contributed by atoms with Gasteiger partial charge in [-0.1, -0.05) is 35.1 Å². The van der Waals surface area contributed by atoms with Crippen molar-refractivity contribution < 1.29 is 0 Å². The van der Waals surface area contributed by atoms with Crippen LogP contribution in [-0.2, 0) is 0 Å². The van der Waals surface area contributed by atoms with E-state index < -0.39 is 0 Å². The van der Waals surface area contributed by atoms with Gasteiger partial charge in [0.25, 0.3) is 0 Å². The number of hydrogen-bond acceptors (Lipinski definition) is 5. The smallest absolute Gasteiger partial charge is 0.209 e. The Morgan fingerprint density at radius 1 is 1.05 bits per heavy atom. The number of nitrogens with zero attached hydrogens (tertiary/aromatic N) is 4. The molecular weight excluding hydrogens is 348 g/mol. The lowest BCUT2D eigenvalue weighted by Crippen LogP contribution is -2.46. The van der Waals surface area contributed by atoms with Crippen molar-refractivity contribution >= 4 is 49.7 Å². The summed E-state index contributed by atoms with van der Waals surface area (Å²) in [5.41, 5.74) is 1.11. The number of hydrogen-bond donors (Lipinski definition) is 0. The number of benzene rings is 1. The van der Waals surface area contributed by atoms with Crippen molar-refractivity contribution in [3.8, 4) is 0 Å². The molecule has 1 aliphatic heterocycles. The van der Waals surface area contributed by atoms with Gasteiger partial charge in [-0.3, -0.25) is 0 Å². The summed E-state index contributed by atoms with van der Waals surface area (Å²) in [4.78, 5) is 4.57. The first kappa shape index (κ1) is 13.1. The Balaban J connectivity index is 1.68. The van der Waals surface area contributed by atoms with Crippen LogP contribution in [0.4, 0.5) is 10.8 Å². The molecule has 0 atom stereocenters. The summed E-state index contributed by atoms with van der Waals surface area (Å²) in [6.07, 6.45) is 0. The molecule has 1 saturated heterocycles. The van der Waals surface area contributed by atoms with Crippen molar-refractivity contribution in [1.29, 1.82) is 0 Å². The van der Waals surface area contributed by atoms with Gasteiger partial charge in [0.2, 0.25) is 5.13 Å². The quantitative estimate of drug-likeness (QED) is 0.824. The molecule has 1 aromatic heterocycles. The highest BCUT2D eigenvalue weighted by atomic mass is 79.9. The first-order chi connectivity index (χ1) is 9.24. The second kappa shape index (κ2) is 5.64. The number of piperazine rings is 1. The van der Waals surface area contributed by atoms with Crippen LogP contribution in [0.15, 0.2) is 28.2 Å². The van der Waals surface area contributed by atoms with Gasteiger partial charge in [0.05, 0.1) is 10.7 Å². The van der Waals surface area contributed by atoms with Crippen LogP contribution in [-0.4, -0.2) is 36.4 Å². The van der Waals surface area contributed by atoms with Crippen molar-refractivity contribution in [2.75, 3.05) is 36.0 Å². The summed E-state index contributed by atoms with van der Waals surface area (Å²) in [6.45, 7) is 3.77. The molecule has 0 bridgehead atoms. The van der Waals surface area contributed by atoms with Gasteiger partial charge in [0.1, 0.15) is 0 Å². The SMILES string of the molecule is Clc1ccccc1N1CCN(c2nnc(Br)s2)CC1. The third kappa shape index (κ3) is 2.85. The maximum atomic E-state index is 6.23. The fraction of sp³-hybridized carbons (Fsp3) is 0.333. The molecule has 0 N–H and O–H groups in total. The monoisotopic (exact) mass is 358 g/mol. The molecule has 19 heavy (non-hydrogen) atoms. The molecule has 1 fully saturated rings. The van der Waals surface area contributed by atoms with E-state index in [1.165, 1.54) is 0 Å². The van der Waals surface area contributed by atoms with Crippen LogP contribution in [0.2, 0.25) is 5.02 Å². The van der Waals surface area contributed by atoms with E-state index in [0.29, 0.717) is 0 Å². The minimum absolute atomic E-state index is 0.814. The molecule has 0 saturated carbocycles. The highest BCUT2D eigenvalue weighted by Crippen LogP contribution is 2.29. The third-order valence-corrected chi connectivity index (χ3v) is 4.87. The van der Waals surface area contributed by atoms with Crippen molar-refractivity contribution in [2.24, 2.45) is 0 Å². The van der Waals surface area contributed by atoms with Gasteiger partial charge in [0, 0.05) is 26.2 Å². The van der Waals surface area contributed by atoms with Crippen LogP contribution in [0.25, 0.3) is 0 Å². The molecular formula is C12H12BrClN4S. The number of aromatic nitrogens is 2. The Hall–Kier alpha value is -0.850. The van der Waals surface area contributed by atoms with Gasteiger partial charge in [0.15, 0.2) is 3.92 Å². The second-order valence-corrected chi connectivity index (χ2v) is 6.90. The summed E-state index contributed by atoms with van der Waals surface area (Å²) in [5, 5.41) is 9.94. The van der Waals surface area contributed by atoms with Crippen molar-refractivity contribution in [2.45, 2.75) is 0 Å². The molecule has 100 valence electrons. The van der Waals surface area contributed by atoms with Crippen molar-refractivity contribution in [3.63, 3.8) is 0 Å². The van der Waals surface area contributed by atoms with E-state index >= 15 is 0 Å². The molecule has 0 aliphatic carbocycles. The van der Waals surface area contributed by atoms with E-state index in [2.05, 4.69) is 42.0 Å². The second-order valence-electron chi connectivity index (χ2n) is 4.26. The third-order valence-electron chi connectivity index (χ3n) is 3.13. The molecule has 0 unspecified atom stereocenters. The van der Waals surface area contributed by atoms with Crippen LogP contribution in [0.1, 0.15) is 0 Å². The molecule has 1 aromatic carbocycles. The molecule has 0 spiro atoms. The zero-order valence-corrected chi connectivity index (χ0v) is 13.2. The van der Waals surface area contributed by atoms with Crippen molar-refractivity contribution in [1.82, 2.24) is 10.2 Å². The summed E-state index contributed by atoms with van der Waals surface area (Å²) in [7, 11) is 0. The Morgan fingerprint density at radius 3 is 2.37 bits per heavy atom. The summed E-state index contributed by atoms with van der Waals surface area (Å²) in [5.74, 6) is 0. The number of para-hydroxylation sites is 1. The maximum absolute atomic E-state index is 6.23. The van der Waals surface area contributed by atoms with E-state index in [-0.39, 0.29) is 0 Å². The van der Waals surface area contributed by atoms with Gasteiger partial charge >= 0.3 is 0 Å². The summed E-state index contributed by atoms with van der Waals surface area (Å²) < 4.78 is 0.830. The fourth-order valence-corrected chi connectivity index (χ4v) is 3.57. The molecule has 2 aromatic rings. The molecule has 4 nitrogen and oxygen atoms in total. The number of halogens is 2. The van der Waals surface area contributed by atoms with E-state index in [4.69, 9.17) is 11.6 Å². The van der Waals surface area contributed by atoms with Crippen LogP contribution in [0.5, 0.6) is 0 Å². The maximum Gasteiger partial charge on any atom is 0.209 e. The fourth-order valence-electron chi connectivity index (χ4n) is 2.17. The minimum atomic E-state index is 0.814. The van der Waals surface area contributed by atoms with Crippen LogP contribution < -0.4 is 9.80 Å². The minimum Gasteiger partial charge on any atom is -0.367 e. The largest absolute Gasteiger partial charge is 0.367 e. The topological polar surface area (TPSA) is 32.3 Å². The zero-order chi connectivity index (χ0) is 13.2. The van der Waals surface area contributed by atoms with Crippen LogP contribution in [0, 0.1) is 0 Å². The molecule has 2 heterocycles. The van der Waals surface area contributed by atoms with Crippen LogP contribution >= 0.6 is 38.9 Å². The van der Waals surface area contributed by atoms with E-state index in [1.54, 1.807) is 11.3 Å². The Bertz CT molecular complexity index is 568. The average molecular weight is 360 g/mol. The molecule has 1 aliphatic rings. The predicted octanol–water partition coefficient (Wildman–Crippen LogP) is 3.28. The van der Waals surface area contributed by atoms with Gasteiger partial charge in [-0.25, -0.2) is 0 Å². The molecule has 0 amide bonds. The number of rotatable bonds is 2. The highest BCUT2D eigenvalue weighted by Gasteiger charge is 2.21. The van der Waals surface area contributed by atoms with Crippen LogP contribution in [0.3, 0.4) is 0 Å². The average Bonchev–Trinajstić information content (AvgIpc) is 2.86. The summed E-state index contributed by atoms with van der Waals surface area (Å²) in [6, 6.07) is 7.99. The van der Waals surface area contributed by atoms with E-state index in [9.17, 15) is 0 Å². The first-order valence-corrected chi connectivity index (χ1v) is 7.96. The highest BCUT2D eigenvalue weighted by molar-refractivity contribution is 9.11. The van der Waals surface area contributed by atoms with Crippen molar-refractivity contribution in [3.05, 3.63) is 33.2 Å². The van der Waals surface area contributed by atoms with Gasteiger partial charge in [-0.2, -0.15) is 0 Å². The zero-order valence-electron chi connectivity index (χ0n) is 10.1. The predicted molar refractivity (Wildman–Crippen MR) is 83.5 cm³/mol. The molecule has 3 rings (SSSR count). The summed E-state index contributed by atoms with van der Waals surface area (Å²) >= 11 is 11.2. The Labute approximate surface area is 129 Å².